The standard InChI is InChI=1S/C22H37NO4/c1-22(2)16-18(12-14-19(24)13-11-17-8-7-9-17)23(21(22)27)15-6-4-3-5-10-20(25)26/h12,14,17-19,24H,3-11,13,15-16H2,1-2H3,(H,25,26)/b14-12+/t18-,19-/m0/s1. The number of carbonyl (C=O) groups is 2. The molecule has 0 aromatic carbocycles. The predicted octanol–water partition coefficient (Wildman–Crippen LogP) is 4.15. The third-order valence-electron chi connectivity index (χ3n) is 6.15. The van der Waals surface area contributed by atoms with Crippen molar-refractivity contribution in [3.8, 4) is 0 Å². The summed E-state index contributed by atoms with van der Waals surface area (Å²) in [6.45, 7) is 4.70. The first-order valence-corrected chi connectivity index (χ1v) is 10.7. The first kappa shape index (κ1) is 21.9. The van der Waals surface area contributed by atoms with E-state index in [4.69, 9.17) is 5.11 Å². The SMILES string of the molecule is CC1(C)C[C@H](/C=C/[C@@H](O)CCC2CCC2)N(CCCCCCC(=O)O)C1=O. The van der Waals surface area contributed by atoms with Gasteiger partial charge in [-0.2, -0.15) is 0 Å². The second-order valence-electron chi connectivity index (χ2n) is 9.04. The third kappa shape index (κ3) is 6.95. The van der Waals surface area contributed by atoms with E-state index in [9.17, 15) is 14.7 Å². The van der Waals surface area contributed by atoms with Crippen LogP contribution in [0.4, 0.5) is 0 Å². The van der Waals surface area contributed by atoms with Crippen LogP contribution in [-0.2, 0) is 9.59 Å². The highest BCUT2D eigenvalue weighted by Gasteiger charge is 2.43. The van der Waals surface area contributed by atoms with E-state index < -0.39 is 12.1 Å². The van der Waals surface area contributed by atoms with Crippen molar-refractivity contribution < 1.29 is 19.8 Å². The van der Waals surface area contributed by atoms with E-state index >= 15 is 0 Å². The third-order valence-corrected chi connectivity index (χ3v) is 6.15. The van der Waals surface area contributed by atoms with Gasteiger partial charge in [-0.1, -0.05) is 58.1 Å². The smallest absolute Gasteiger partial charge is 0.303 e. The van der Waals surface area contributed by atoms with Crippen LogP contribution in [0, 0.1) is 11.3 Å². The maximum Gasteiger partial charge on any atom is 0.303 e. The van der Waals surface area contributed by atoms with Crippen molar-refractivity contribution in [1.29, 1.82) is 0 Å². The van der Waals surface area contributed by atoms with E-state index in [2.05, 4.69) is 0 Å². The van der Waals surface area contributed by atoms with Crippen molar-refractivity contribution in [2.75, 3.05) is 6.54 Å². The van der Waals surface area contributed by atoms with Crippen molar-refractivity contribution in [3.05, 3.63) is 12.2 Å². The molecule has 1 amide bonds. The first-order valence-electron chi connectivity index (χ1n) is 10.7. The summed E-state index contributed by atoms with van der Waals surface area (Å²) >= 11 is 0. The second kappa shape index (κ2) is 10.3. The zero-order valence-corrected chi connectivity index (χ0v) is 17.0. The fourth-order valence-corrected chi connectivity index (χ4v) is 4.15. The number of hydrogen-bond acceptors (Lipinski definition) is 3. The lowest BCUT2D eigenvalue weighted by atomic mass is 9.81. The van der Waals surface area contributed by atoms with Crippen LogP contribution in [0.1, 0.15) is 84.5 Å². The normalized spacial score (nSPS) is 23.7. The molecule has 27 heavy (non-hydrogen) atoms. The summed E-state index contributed by atoms with van der Waals surface area (Å²) in [6, 6.07) is 0.0601. The van der Waals surface area contributed by atoms with Crippen molar-refractivity contribution in [3.63, 3.8) is 0 Å². The molecule has 0 spiro atoms. The lowest BCUT2D eigenvalue weighted by Crippen LogP contribution is -2.35. The fourth-order valence-electron chi connectivity index (χ4n) is 4.15. The fraction of sp³-hybridized carbons (Fsp3) is 0.818. The van der Waals surface area contributed by atoms with E-state index in [0.29, 0.717) is 13.0 Å². The Hall–Kier alpha value is -1.36. The minimum absolute atomic E-state index is 0.0601. The summed E-state index contributed by atoms with van der Waals surface area (Å²) in [7, 11) is 0. The van der Waals surface area contributed by atoms with Crippen LogP contribution < -0.4 is 0 Å². The van der Waals surface area contributed by atoms with E-state index in [1.807, 2.05) is 30.9 Å². The van der Waals surface area contributed by atoms with Crippen LogP contribution in [0.3, 0.4) is 0 Å². The Balaban J connectivity index is 1.77. The highest BCUT2D eigenvalue weighted by Crippen LogP contribution is 2.36. The Labute approximate surface area is 163 Å². The average molecular weight is 380 g/mol. The second-order valence-corrected chi connectivity index (χ2v) is 9.04. The highest BCUT2D eigenvalue weighted by atomic mass is 16.4. The quantitative estimate of drug-likeness (QED) is 0.394. The maximum atomic E-state index is 12.7. The highest BCUT2D eigenvalue weighted by molar-refractivity contribution is 5.85. The minimum Gasteiger partial charge on any atom is -0.481 e. The number of carboxylic acid groups (broad SMARTS) is 1. The number of aliphatic carboxylic acids is 1. The molecule has 0 radical (unpaired) electrons. The Kier molecular flexibility index (Phi) is 8.33. The van der Waals surface area contributed by atoms with E-state index in [-0.39, 0.29) is 23.8 Å². The van der Waals surface area contributed by atoms with Gasteiger partial charge in [0.1, 0.15) is 0 Å². The molecule has 1 aliphatic heterocycles. The summed E-state index contributed by atoms with van der Waals surface area (Å²) in [5.74, 6) is 0.247. The summed E-state index contributed by atoms with van der Waals surface area (Å²) < 4.78 is 0. The Bertz CT molecular complexity index is 524. The predicted molar refractivity (Wildman–Crippen MR) is 106 cm³/mol. The first-order chi connectivity index (χ1) is 12.8. The van der Waals surface area contributed by atoms with E-state index in [1.54, 1.807) is 0 Å². The number of hydrogen-bond donors (Lipinski definition) is 2. The van der Waals surface area contributed by atoms with Gasteiger partial charge in [-0.25, -0.2) is 0 Å². The van der Waals surface area contributed by atoms with Gasteiger partial charge in [0.15, 0.2) is 0 Å². The van der Waals surface area contributed by atoms with Gasteiger partial charge in [-0.3, -0.25) is 9.59 Å². The van der Waals surface area contributed by atoms with Gasteiger partial charge in [0, 0.05) is 18.4 Å². The number of aliphatic hydroxyl groups is 1. The number of carboxylic acids is 1. The van der Waals surface area contributed by atoms with Gasteiger partial charge >= 0.3 is 5.97 Å². The van der Waals surface area contributed by atoms with Crippen LogP contribution >= 0.6 is 0 Å². The van der Waals surface area contributed by atoms with Crippen molar-refractivity contribution >= 4 is 11.9 Å². The largest absolute Gasteiger partial charge is 0.481 e. The molecule has 0 aromatic heterocycles. The van der Waals surface area contributed by atoms with Crippen molar-refractivity contribution in [2.45, 2.75) is 96.6 Å². The topological polar surface area (TPSA) is 77.8 Å². The van der Waals surface area contributed by atoms with Gasteiger partial charge in [0.25, 0.3) is 0 Å². The molecule has 2 atom stereocenters. The van der Waals surface area contributed by atoms with Crippen molar-refractivity contribution in [1.82, 2.24) is 4.90 Å². The molecule has 2 rings (SSSR count). The van der Waals surface area contributed by atoms with Crippen LogP contribution in [0.15, 0.2) is 12.2 Å². The molecule has 5 heteroatoms. The lowest BCUT2D eigenvalue weighted by Gasteiger charge is -2.26. The molecule has 1 heterocycles. The molecular formula is C22H37NO4. The van der Waals surface area contributed by atoms with Crippen molar-refractivity contribution in [2.24, 2.45) is 11.3 Å². The average Bonchev–Trinajstić information content (AvgIpc) is 2.77. The number of likely N-dealkylation sites (tertiary alicyclic amines) is 1. The molecule has 154 valence electrons. The molecule has 2 aliphatic rings. The molecule has 5 nitrogen and oxygen atoms in total. The zero-order chi connectivity index (χ0) is 19.9. The number of aliphatic hydroxyl groups excluding tert-OH is 1. The molecule has 0 unspecified atom stereocenters. The Morgan fingerprint density at radius 2 is 1.96 bits per heavy atom. The van der Waals surface area contributed by atoms with Crippen LogP contribution in [0.5, 0.6) is 0 Å². The van der Waals surface area contributed by atoms with Gasteiger partial charge in [0.05, 0.1) is 12.1 Å². The molecule has 0 aromatic rings. The molecule has 2 N–H and O–H groups in total. The maximum absolute atomic E-state index is 12.7. The zero-order valence-electron chi connectivity index (χ0n) is 17.0. The molecule has 0 bridgehead atoms. The molecule has 1 saturated heterocycles. The van der Waals surface area contributed by atoms with Gasteiger partial charge in [0.2, 0.25) is 5.91 Å². The lowest BCUT2D eigenvalue weighted by molar-refractivity contribution is -0.137. The Morgan fingerprint density at radius 1 is 1.26 bits per heavy atom. The number of amides is 1. The Morgan fingerprint density at radius 3 is 2.59 bits per heavy atom. The molecular weight excluding hydrogens is 342 g/mol. The summed E-state index contributed by atoms with van der Waals surface area (Å²) in [5, 5.41) is 18.9. The van der Waals surface area contributed by atoms with Crippen LogP contribution in [-0.4, -0.2) is 45.7 Å². The number of rotatable bonds is 12. The molecule has 1 aliphatic carbocycles. The summed E-state index contributed by atoms with van der Waals surface area (Å²) in [5.41, 5.74) is -0.352. The number of unbranched alkanes of at least 4 members (excludes halogenated alkanes) is 3. The van der Waals surface area contributed by atoms with Crippen LogP contribution in [0.25, 0.3) is 0 Å². The number of nitrogens with zero attached hydrogens (tertiary/aromatic N) is 1. The summed E-state index contributed by atoms with van der Waals surface area (Å²) in [4.78, 5) is 25.2. The van der Waals surface area contributed by atoms with E-state index in [1.165, 1.54) is 19.3 Å². The van der Waals surface area contributed by atoms with E-state index in [0.717, 1.165) is 44.4 Å². The van der Waals surface area contributed by atoms with Gasteiger partial charge < -0.3 is 15.1 Å². The number of carbonyl (C=O) groups excluding carboxylic acids is 1. The summed E-state index contributed by atoms with van der Waals surface area (Å²) in [6.07, 6.45) is 13.8. The molecule has 1 saturated carbocycles. The van der Waals surface area contributed by atoms with Gasteiger partial charge in [-0.05, 0) is 38.0 Å². The minimum atomic E-state index is -0.743. The van der Waals surface area contributed by atoms with Crippen LogP contribution in [0.2, 0.25) is 0 Å². The van der Waals surface area contributed by atoms with Gasteiger partial charge in [-0.15, -0.1) is 0 Å². The monoisotopic (exact) mass is 379 g/mol. The molecule has 2 fully saturated rings.